The van der Waals surface area contributed by atoms with Gasteiger partial charge >= 0.3 is 11.4 Å². The third-order valence-electron chi connectivity index (χ3n) is 12.9. The average molecular weight is 1280 g/mol. The molecule has 6 aromatic heterocycles. The van der Waals surface area contributed by atoms with Crippen LogP contribution in [0.15, 0.2) is 156 Å². The van der Waals surface area contributed by atoms with E-state index >= 15 is 8.78 Å². The lowest BCUT2D eigenvalue weighted by Crippen LogP contribution is -2.42. The predicted molar refractivity (Wildman–Crippen MR) is 304 cm³/mol. The van der Waals surface area contributed by atoms with Crippen molar-refractivity contribution in [3.05, 3.63) is 237 Å². The van der Waals surface area contributed by atoms with E-state index in [1.54, 1.807) is 85.8 Å². The molecule has 394 valence electrons. The summed E-state index contributed by atoms with van der Waals surface area (Å²) < 4.78 is 62.4. The molecule has 6 heterocycles. The first-order valence-electron chi connectivity index (χ1n) is 23.6. The molecule has 0 aliphatic heterocycles. The van der Waals surface area contributed by atoms with Gasteiger partial charge in [0, 0.05) is 69.0 Å². The standard InChI is InChI=1S/C56H42F2I2N8O10/c1-30-20-38(18-19-61-30)77-45-25-47(69)63(2)51-49(45)54(72)66(56(74)68(51)43-16-10-35(60)24-41(43)58)29-32-8-17-44(76-5)33(21-32)22-36-11-14-39(27-62-36)78-46-26-48(70)64(3)52-50(46)53(71)65(28-31-6-12-37(75-4)13-7-31)55(73)67(52)42-15-9-34(59)23-40(42)57/h6-21,23-27H,22,28-29H2,1-5H3. The fourth-order valence-electron chi connectivity index (χ4n) is 9.09. The van der Waals surface area contributed by atoms with Gasteiger partial charge in [0.05, 0.1) is 44.9 Å². The zero-order chi connectivity index (χ0) is 55.3. The number of ether oxygens (including phenoxy) is 4. The Morgan fingerprint density at radius 2 is 1.06 bits per heavy atom. The Hall–Kier alpha value is -8.52. The number of halogens is 4. The van der Waals surface area contributed by atoms with Crippen LogP contribution in [-0.4, -0.2) is 51.6 Å². The molecule has 0 bridgehead atoms. The Kier molecular flexibility index (Phi) is 14.6. The molecule has 0 fully saturated rings. The van der Waals surface area contributed by atoms with Crippen LogP contribution in [0, 0.1) is 25.7 Å². The average Bonchev–Trinajstić information content (AvgIpc) is 3.38. The van der Waals surface area contributed by atoms with E-state index in [4.69, 9.17) is 18.9 Å². The topological polar surface area (TPSA) is 195 Å². The summed E-state index contributed by atoms with van der Waals surface area (Å²) in [7, 11) is 5.73. The summed E-state index contributed by atoms with van der Waals surface area (Å²) in [6.45, 7) is 1.20. The smallest absolute Gasteiger partial charge is 0.337 e. The van der Waals surface area contributed by atoms with E-state index in [-0.39, 0.29) is 75.9 Å². The van der Waals surface area contributed by atoms with Gasteiger partial charge in [0.15, 0.2) is 0 Å². The highest BCUT2D eigenvalue weighted by molar-refractivity contribution is 14.1. The largest absolute Gasteiger partial charge is 0.497 e. The molecule has 0 radical (unpaired) electrons. The predicted octanol–water partition coefficient (Wildman–Crippen LogP) is 7.89. The molecule has 0 unspecified atom stereocenters. The highest BCUT2D eigenvalue weighted by Crippen LogP contribution is 2.31. The molecule has 18 nitrogen and oxygen atoms in total. The Morgan fingerprint density at radius 3 is 1.56 bits per heavy atom. The summed E-state index contributed by atoms with van der Waals surface area (Å²) in [6.07, 6.45) is 3.02. The van der Waals surface area contributed by atoms with Gasteiger partial charge in [0.1, 0.15) is 68.2 Å². The number of rotatable bonds is 14. The summed E-state index contributed by atoms with van der Waals surface area (Å²) in [6, 6.07) is 28.8. The van der Waals surface area contributed by atoms with E-state index in [1.807, 2.05) is 45.2 Å². The van der Waals surface area contributed by atoms with Crippen LogP contribution in [0.5, 0.6) is 34.5 Å². The highest BCUT2D eigenvalue weighted by atomic mass is 127. The minimum atomic E-state index is -0.931. The zero-order valence-electron chi connectivity index (χ0n) is 41.9. The lowest BCUT2D eigenvalue weighted by atomic mass is 10.0. The molecular formula is C56H42F2I2N8O10. The molecular weight excluding hydrogens is 1240 g/mol. The first kappa shape index (κ1) is 52.9. The van der Waals surface area contributed by atoms with Gasteiger partial charge in [-0.05, 0) is 142 Å². The first-order chi connectivity index (χ1) is 37.4. The number of fused-ring (bicyclic) bond motifs is 2. The van der Waals surface area contributed by atoms with Gasteiger partial charge in [-0.15, -0.1) is 0 Å². The third-order valence-corrected chi connectivity index (χ3v) is 14.3. The molecule has 0 spiro atoms. The molecule has 0 amide bonds. The molecule has 0 aliphatic rings. The van der Waals surface area contributed by atoms with Crippen LogP contribution in [0.3, 0.4) is 0 Å². The van der Waals surface area contributed by atoms with Crippen LogP contribution < -0.4 is 52.6 Å². The second-order valence-corrected chi connectivity index (χ2v) is 20.4. The van der Waals surface area contributed by atoms with E-state index in [0.29, 0.717) is 46.7 Å². The normalized spacial score (nSPS) is 11.3. The van der Waals surface area contributed by atoms with Gasteiger partial charge in [0.25, 0.3) is 22.2 Å². The van der Waals surface area contributed by atoms with Crippen molar-refractivity contribution in [3.8, 4) is 45.9 Å². The number of aromatic nitrogens is 8. The molecule has 0 N–H and O–H groups in total. The fourth-order valence-corrected chi connectivity index (χ4v) is 10.00. The van der Waals surface area contributed by atoms with Crippen molar-refractivity contribution in [1.82, 2.24) is 37.4 Å². The molecule has 0 saturated heterocycles. The van der Waals surface area contributed by atoms with Crippen LogP contribution in [0.4, 0.5) is 8.78 Å². The second kappa shape index (κ2) is 21.5. The highest BCUT2D eigenvalue weighted by Gasteiger charge is 2.26. The Bertz CT molecular complexity index is 4460. The Labute approximate surface area is 466 Å². The van der Waals surface area contributed by atoms with Crippen molar-refractivity contribution >= 4 is 67.2 Å². The van der Waals surface area contributed by atoms with Crippen molar-refractivity contribution in [2.45, 2.75) is 26.4 Å². The maximum Gasteiger partial charge on any atom is 0.337 e. The summed E-state index contributed by atoms with van der Waals surface area (Å²) in [5.41, 5.74) is -2.83. The Morgan fingerprint density at radius 1 is 0.538 bits per heavy atom. The molecule has 10 aromatic rings. The number of nitrogens with zero attached hydrogens (tertiary/aromatic N) is 8. The molecule has 0 saturated carbocycles. The number of pyridine rings is 4. The van der Waals surface area contributed by atoms with Gasteiger partial charge in [-0.2, -0.15) is 0 Å². The lowest BCUT2D eigenvalue weighted by molar-refractivity contribution is 0.410. The number of aryl methyl sites for hydroxylation is 3. The van der Waals surface area contributed by atoms with Crippen LogP contribution >= 0.6 is 45.2 Å². The lowest BCUT2D eigenvalue weighted by Gasteiger charge is -2.19. The van der Waals surface area contributed by atoms with Crippen LogP contribution in [-0.2, 0) is 33.6 Å². The van der Waals surface area contributed by atoms with E-state index in [1.165, 1.54) is 65.0 Å². The second-order valence-electron chi connectivity index (χ2n) is 17.9. The van der Waals surface area contributed by atoms with E-state index in [0.717, 1.165) is 39.5 Å². The van der Waals surface area contributed by atoms with E-state index in [9.17, 15) is 28.8 Å². The van der Waals surface area contributed by atoms with Gasteiger partial charge in [-0.3, -0.25) is 47.4 Å². The molecule has 10 rings (SSSR count). The van der Waals surface area contributed by atoms with Crippen molar-refractivity contribution in [2.75, 3.05) is 14.2 Å². The fraction of sp³-hybridized carbons (Fsp3) is 0.143. The van der Waals surface area contributed by atoms with Crippen molar-refractivity contribution in [2.24, 2.45) is 14.1 Å². The monoisotopic (exact) mass is 1280 g/mol. The van der Waals surface area contributed by atoms with Crippen molar-refractivity contribution < 1.29 is 27.7 Å². The minimum Gasteiger partial charge on any atom is -0.497 e. The molecule has 4 aromatic carbocycles. The summed E-state index contributed by atoms with van der Waals surface area (Å²) in [5.74, 6) is -0.563. The van der Waals surface area contributed by atoms with Gasteiger partial charge in [-0.1, -0.05) is 18.2 Å². The van der Waals surface area contributed by atoms with Gasteiger partial charge in [-0.25, -0.2) is 27.5 Å². The first-order valence-corrected chi connectivity index (χ1v) is 25.8. The number of benzene rings is 4. The van der Waals surface area contributed by atoms with Gasteiger partial charge in [0.2, 0.25) is 0 Å². The van der Waals surface area contributed by atoms with Crippen LogP contribution in [0.25, 0.3) is 33.4 Å². The molecule has 22 heteroatoms. The van der Waals surface area contributed by atoms with E-state index in [2.05, 4.69) is 9.97 Å². The molecule has 0 aliphatic carbocycles. The van der Waals surface area contributed by atoms with Crippen molar-refractivity contribution in [1.29, 1.82) is 0 Å². The molecule has 0 atom stereocenters. The number of methoxy groups -OCH3 is 2. The van der Waals surface area contributed by atoms with Gasteiger partial charge < -0.3 is 18.9 Å². The summed E-state index contributed by atoms with van der Waals surface area (Å²) in [4.78, 5) is 94.5. The summed E-state index contributed by atoms with van der Waals surface area (Å²) >= 11 is 3.87. The quantitative estimate of drug-likeness (QED) is 0.0958. The zero-order valence-corrected chi connectivity index (χ0v) is 46.2. The number of hydrogen-bond donors (Lipinski definition) is 0. The maximum atomic E-state index is 16.0. The van der Waals surface area contributed by atoms with E-state index < -0.39 is 45.3 Å². The summed E-state index contributed by atoms with van der Waals surface area (Å²) in [5, 5.41) is -0.354. The van der Waals surface area contributed by atoms with Crippen LogP contribution in [0.1, 0.15) is 28.1 Å². The number of hydrogen-bond acceptors (Lipinski definition) is 12. The molecule has 78 heavy (non-hydrogen) atoms. The van der Waals surface area contributed by atoms with Crippen molar-refractivity contribution in [3.63, 3.8) is 0 Å². The Balaban J connectivity index is 1.02. The third kappa shape index (κ3) is 10.0. The SMILES string of the molecule is COc1ccc(Cn2c(=O)c3c(Oc4ccc(Cc5cc(Cn6c(=O)c7c(Oc8ccnc(C)c8)cc(=O)n(C)c7n(-c7ccc(I)cc7F)c6=O)ccc5OC)nc4)cc(=O)n(C)c3n(-c3ccc(I)cc3F)c2=O)cc1. The minimum absolute atomic E-state index is 0.102. The van der Waals surface area contributed by atoms with Crippen LogP contribution in [0.2, 0.25) is 0 Å². The maximum absolute atomic E-state index is 16.0.